The minimum absolute atomic E-state index is 0.0927. The molecule has 3 aromatic rings. The van der Waals surface area contributed by atoms with Crippen molar-refractivity contribution in [2.75, 3.05) is 49.5 Å². The SMILES string of the molecule is O=C1CCc2ccc(OCCCN3CCCN(c4cccc5sccc45)CC3)cc2N1. The third-order valence-corrected chi connectivity index (χ3v) is 7.15. The van der Waals surface area contributed by atoms with Crippen LogP contribution in [0.25, 0.3) is 10.1 Å². The van der Waals surface area contributed by atoms with Crippen molar-refractivity contribution < 1.29 is 9.53 Å². The lowest BCUT2D eigenvalue weighted by atomic mass is 10.0. The summed E-state index contributed by atoms with van der Waals surface area (Å²) >= 11 is 1.82. The molecule has 1 saturated heterocycles. The van der Waals surface area contributed by atoms with Crippen molar-refractivity contribution in [3.8, 4) is 5.75 Å². The average molecular weight is 436 g/mol. The number of aryl methyl sites for hydroxylation is 1. The predicted molar refractivity (Wildman–Crippen MR) is 129 cm³/mol. The van der Waals surface area contributed by atoms with E-state index in [1.165, 1.54) is 27.8 Å². The number of nitrogens with zero attached hydrogens (tertiary/aromatic N) is 2. The molecule has 0 unspecified atom stereocenters. The van der Waals surface area contributed by atoms with Crippen molar-refractivity contribution in [2.45, 2.75) is 25.7 Å². The van der Waals surface area contributed by atoms with E-state index in [0.29, 0.717) is 13.0 Å². The summed E-state index contributed by atoms with van der Waals surface area (Å²) in [4.78, 5) is 16.7. The fourth-order valence-electron chi connectivity index (χ4n) is 4.61. The van der Waals surface area contributed by atoms with Crippen LogP contribution in [-0.4, -0.2) is 50.1 Å². The molecule has 162 valence electrons. The molecule has 1 fully saturated rings. The normalized spacial score (nSPS) is 17.3. The number of carbonyl (C=O) groups is 1. The standard InChI is InChI=1S/C25H29N3O2S/c29-25-9-7-19-6-8-20(18-22(19)26-25)30-16-3-12-27-11-2-13-28(15-14-27)23-4-1-5-24-21(23)10-17-31-24/h1,4-6,8,10,17-18H,2-3,7,9,11-16H2,(H,26,29). The Labute approximate surface area is 187 Å². The van der Waals surface area contributed by atoms with Crippen molar-refractivity contribution in [1.82, 2.24) is 4.90 Å². The summed E-state index contributed by atoms with van der Waals surface area (Å²) in [5.41, 5.74) is 3.48. The summed E-state index contributed by atoms with van der Waals surface area (Å²) in [6, 6.07) is 15.0. The van der Waals surface area contributed by atoms with Crippen molar-refractivity contribution in [3.63, 3.8) is 0 Å². The van der Waals surface area contributed by atoms with Crippen molar-refractivity contribution >= 4 is 38.7 Å². The Morgan fingerprint density at radius 2 is 2.00 bits per heavy atom. The zero-order chi connectivity index (χ0) is 21.0. The number of fused-ring (bicyclic) bond motifs is 2. The van der Waals surface area contributed by atoms with Crippen LogP contribution in [0.5, 0.6) is 5.75 Å². The van der Waals surface area contributed by atoms with E-state index < -0.39 is 0 Å². The lowest BCUT2D eigenvalue weighted by Crippen LogP contribution is -2.31. The van der Waals surface area contributed by atoms with E-state index in [4.69, 9.17) is 4.74 Å². The van der Waals surface area contributed by atoms with Crippen LogP contribution in [0.2, 0.25) is 0 Å². The minimum Gasteiger partial charge on any atom is -0.493 e. The highest BCUT2D eigenvalue weighted by molar-refractivity contribution is 7.17. The van der Waals surface area contributed by atoms with Crippen LogP contribution in [0.3, 0.4) is 0 Å². The first-order valence-electron chi connectivity index (χ1n) is 11.3. The van der Waals surface area contributed by atoms with E-state index in [1.807, 2.05) is 23.5 Å². The Kier molecular flexibility index (Phi) is 6.09. The lowest BCUT2D eigenvalue weighted by Gasteiger charge is -2.24. The molecule has 0 spiro atoms. The van der Waals surface area contributed by atoms with E-state index in [1.54, 1.807) is 0 Å². The molecule has 0 aliphatic carbocycles. The maximum absolute atomic E-state index is 11.6. The Hall–Kier alpha value is -2.57. The molecule has 0 saturated carbocycles. The summed E-state index contributed by atoms with van der Waals surface area (Å²) in [6.45, 7) is 6.16. The van der Waals surface area contributed by atoms with Crippen LogP contribution in [0, 0.1) is 0 Å². The number of nitrogens with one attached hydrogen (secondary N) is 1. The van der Waals surface area contributed by atoms with E-state index in [0.717, 1.165) is 57.0 Å². The van der Waals surface area contributed by atoms with Gasteiger partial charge in [-0.2, -0.15) is 0 Å². The molecule has 6 heteroatoms. The molecule has 0 bridgehead atoms. The maximum atomic E-state index is 11.6. The van der Waals surface area contributed by atoms with Crippen molar-refractivity contribution in [1.29, 1.82) is 0 Å². The van der Waals surface area contributed by atoms with Gasteiger partial charge < -0.3 is 19.9 Å². The third-order valence-electron chi connectivity index (χ3n) is 6.27. The van der Waals surface area contributed by atoms with Crippen molar-refractivity contribution in [2.24, 2.45) is 0 Å². The molecule has 2 aliphatic rings. The molecule has 5 rings (SSSR count). The molecule has 1 N–H and O–H groups in total. The molecule has 3 heterocycles. The zero-order valence-corrected chi connectivity index (χ0v) is 18.6. The van der Waals surface area contributed by atoms with E-state index >= 15 is 0 Å². The van der Waals surface area contributed by atoms with Gasteiger partial charge in [0.05, 0.1) is 6.61 Å². The van der Waals surface area contributed by atoms with Gasteiger partial charge in [-0.1, -0.05) is 12.1 Å². The molecule has 2 aromatic carbocycles. The second-order valence-corrected chi connectivity index (χ2v) is 9.31. The van der Waals surface area contributed by atoms with Gasteiger partial charge in [-0.15, -0.1) is 11.3 Å². The highest BCUT2D eigenvalue weighted by Crippen LogP contribution is 2.31. The number of hydrogen-bond acceptors (Lipinski definition) is 5. The molecular formula is C25H29N3O2S. The van der Waals surface area contributed by atoms with Gasteiger partial charge in [-0.25, -0.2) is 0 Å². The molecule has 2 aliphatic heterocycles. The quantitative estimate of drug-likeness (QED) is 0.567. The Morgan fingerprint density at radius 1 is 1.03 bits per heavy atom. The number of benzene rings is 2. The maximum Gasteiger partial charge on any atom is 0.224 e. The highest BCUT2D eigenvalue weighted by atomic mass is 32.1. The molecule has 1 amide bonds. The minimum atomic E-state index is 0.0927. The van der Waals surface area contributed by atoms with Gasteiger partial charge in [0, 0.05) is 60.1 Å². The van der Waals surface area contributed by atoms with Crippen LogP contribution >= 0.6 is 11.3 Å². The average Bonchev–Trinajstić information content (AvgIpc) is 3.15. The van der Waals surface area contributed by atoms with Gasteiger partial charge in [0.25, 0.3) is 0 Å². The second-order valence-electron chi connectivity index (χ2n) is 8.36. The molecule has 0 radical (unpaired) electrons. The molecule has 5 nitrogen and oxygen atoms in total. The number of thiophene rings is 1. The summed E-state index contributed by atoms with van der Waals surface area (Å²) < 4.78 is 7.34. The van der Waals surface area contributed by atoms with E-state index in [-0.39, 0.29) is 5.91 Å². The molecule has 31 heavy (non-hydrogen) atoms. The number of amides is 1. The molecule has 0 atom stereocenters. The van der Waals surface area contributed by atoms with Gasteiger partial charge in [-0.05, 0) is 61.0 Å². The van der Waals surface area contributed by atoms with Crippen molar-refractivity contribution in [3.05, 3.63) is 53.4 Å². The third kappa shape index (κ3) is 4.70. The molecular weight excluding hydrogens is 406 g/mol. The Balaban J connectivity index is 1.10. The summed E-state index contributed by atoms with van der Waals surface area (Å²) in [5, 5.41) is 6.52. The van der Waals surface area contributed by atoms with Gasteiger partial charge in [0.2, 0.25) is 5.91 Å². The second kappa shape index (κ2) is 9.28. The van der Waals surface area contributed by atoms with Crippen LogP contribution < -0.4 is 15.0 Å². The number of carbonyl (C=O) groups excluding carboxylic acids is 1. The van der Waals surface area contributed by atoms with Gasteiger partial charge in [0.15, 0.2) is 0 Å². The number of ether oxygens (including phenoxy) is 1. The fraction of sp³-hybridized carbons (Fsp3) is 0.400. The lowest BCUT2D eigenvalue weighted by molar-refractivity contribution is -0.116. The summed E-state index contributed by atoms with van der Waals surface area (Å²) in [5.74, 6) is 0.932. The fourth-order valence-corrected chi connectivity index (χ4v) is 5.42. The van der Waals surface area contributed by atoms with E-state index in [2.05, 4.69) is 50.8 Å². The van der Waals surface area contributed by atoms with E-state index in [9.17, 15) is 4.79 Å². The smallest absolute Gasteiger partial charge is 0.224 e. The summed E-state index contributed by atoms with van der Waals surface area (Å²) in [7, 11) is 0. The van der Waals surface area contributed by atoms with Gasteiger partial charge >= 0.3 is 0 Å². The monoisotopic (exact) mass is 435 g/mol. The highest BCUT2D eigenvalue weighted by Gasteiger charge is 2.17. The first-order chi connectivity index (χ1) is 15.3. The first kappa shape index (κ1) is 20.3. The largest absolute Gasteiger partial charge is 0.493 e. The number of hydrogen-bond donors (Lipinski definition) is 1. The number of anilines is 2. The van der Waals surface area contributed by atoms with Crippen LogP contribution in [0.1, 0.15) is 24.8 Å². The summed E-state index contributed by atoms with van der Waals surface area (Å²) in [6.07, 6.45) is 3.58. The Morgan fingerprint density at radius 3 is 2.97 bits per heavy atom. The zero-order valence-electron chi connectivity index (χ0n) is 17.8. The van der Waals surface area contributed by atoms with Gasteiger partial charge in [0.1, 0.15) is 5.75 Å². The number of rotatable bonds is 6. The predicted octanol–water partition coefficient (Wildman–Crippen LogP) is 4.77. The van der Waals surface area contributed by atoms with Crippen LogP contribution in [0.15, 0.2) is 47.8 Å². The van der Waals surface area contributed by atoms with Crippen LogP contribution in [-0.2, 0) is 11.2 Å². The van der Waals surface area contributed by atoms with Gasteiger partial charge in [-0.3, -0.25) is 4.79 Å². The topological polar surface area (TPSA) is 44.8 Å². The Bertz CT molecular complexity index is 1060. The van der Waals surface area contributed by atoms with Crippen LogP contribution in [0.4, 0.5) is 11.4 Å². The molecule has 1 aromatic heterocycles. The first-order valence-corrected chi connectivity index (χ1v) is 12.1.